The van der Waals surface area contributed by atoms with Crippen LogP contribution in [0.15, 0.2) is 60.7 Å². The van der Waals surface area contributed by atoms with Gasteiger partial charge in [0.2, 0.25) is 15.9 Å². The van der Waals surface area contributed by atoms with Gasteiger partial charge in [-0.25, -0.2) is 8.42 Å². The lowest BCUT2D eigenvalue weighted by Gasteiger charge is -2.25. The van der Waals surface area contributed by atoms with E-state index in [2.05, 4.69) is 15.4 Å². The third-order valence-corrected chi connectivity index (χ3v) is 7.51. The first-order valence-corrected chi connectivity index (χ1v) is 15.4. The maximum atomic E-state index is 13.2. The van der Waals surface area contributed by atoms with Gasteiger partial charge < -0.3 is 10.4 Å². The number of nitrogens with one attached hydrogen (secondary N) is 3. The summed E-state index contributed by atoms with van der Waals surface area (Å²) in [5, 5.41) is 17.3. The summed E-state index contributed by atoms with van der Waals surface area (Å²) in [4.78, 5) is 52.5. The van der Waals surface area contributed by atoms with Gasteiger partial charge in [-0.15, -0.1) is 0 Å². The minimum absolute atomic E-state index is 0.0513. The van der Waals surface area contributed by atoms with Crippen molar-refractivity contribution in [2.24, 2.45) is 5.92 Å². The van der Waals surface area contributed by atoms with E-state index in [9.17, 15) is 32.7 Å². The minimum Gasteiger partial charge on any atom is -0.480 e. The van der Waals surface area contributed by atoms with E-state index >= 15 is 0 Å². The van der Waals surface area contributed by atoms with Crippen molar-refractivity contribution in [3.05, 3.63) is 77.4 Å². The van der Waals surface area contributed by atoms with Crippen molar-refractivity contribution >= 4 is 50.2 Å². The molecule has 4 N–H and O–H groups in total. The molecule has 0 bridgehead atoms. The van der Waals surface area contributed by atoms with Crippen molar-refractivity contribution in [2.75, 3.05) is 17.5 Å². The smallest absolute Gasteiger partial charge is 0.320 e. The molecular formula is C30H34N4O7S. The Morgan fingerprint density at radius 1 is 0.905 bits per heavy atom. The quantitative estimate of drug-likeness (QED) is 0.220. The van der Waals surface area contributed by atoms with Crippen molar-refractivity contribution in [3.63, 3.8) is 0 Å². The van der Waals surface area contributed by atoms with E-state index in [1.807, 2.05) is 38.1 Å². The number of amides is 3. The van der Waals surface area contributed by atoms with E-state index in [0.717, 1.165) is 21.9 Å². The highest BCUT2D eigenvalue weighted by atomic mass is 32.2. The molecule has 0 saturated heterocycles. The molecule has 0 spiro atoms. The highest BCUT2D eigenvalue weighted by Gasteiger charge is 2.37. The first kappa shape index (κ1) is 30.7. The number of rotatable bonds is 13. The molecule has 0 fully saturated rings. The molecule has 3 amide bonds. The summed E-state index contributed by atoms with van der Waals surface area (Å²) in [6.45, 7) is 3.76. The highest BCUT2D eigenvalue weighted by molar-refractivity contribution is 7.92. The molecule has 2 unspecified atom stereocenters. The fourth-order valence-electron chi connectivity index (χ4n) is 4.95. The van der Waals surface area contributed by atoms with Crippen LogP contribution in [0.3, 0.4) is 0 Å². The molecule has 0 aromatic heterocycles. The van der Waals surface area contributed by atoms with Crippen molar-refractivity contribution in [1.82, 2.24) is 15.5 Å². The van der Waals surface area contributed by atoms with Crippen LogP contribution in [0.2, 0.25) is 0 Å². The number of carboxylic acids is 1. The Labute approximate surface area is 244 Å². The van der Waals surface area contributed by atoms with Gasteiger partial charge in [0.25, 0.3) is 11.8 Å². The largest absolute Gasteiger partial charge is 0.480 e. The molecule has 11 nitrogen and oxygen atoms in total. The average molecular weight is 595 g/mol. The molecule has 1 aliphatic heterocycles. The number of sulfonamides is 1. The lowest BCUT2D eigenvalue weighted by molar-refractivity contribution is -0.140. The van der Waals surface area contributed by atoms with Crippen molar-refractivity contribution < 1.29 is 32.7 Å². The SMILES string of the molecule is CC(C)CC(NC(CCN1C(=O)c2cc3ccccc3cc2C1=O)C(=O)O)C(=O)NCc1cccc(NS(C)(=O)=O)c1. The van der Waals surface area contributed by atoms with Crippen LogP contribution in [0.5, 0.6) is 0 Å². The minimum atomic E-state index is -3.47. The molecule has 3 aromatic carbocycles. The van der Waals surface area contributed by atoms with Gasteiger partial charge in [-0.2, -0.15) is 0 Å². The summed E-state index contributed by atoms with van der Waals surface area (Å²) in [6, 6.07) is 15.2. The van der Waals surface area contributed by atoms with E-state index in [0.29, 0.717) is 17.7 Å². The molecule has 12 heteroatoms. The fraction of sp³-hybridized carbons (Fsp3) is 0.333. The van der Waals surface area contributed by atoms with Gasteiger partial charge in [0.1, 0.15) is 6.04 Å². The van der Waals surface area contributed by atoms with Crippen molar-refractivity contribution in [2.45, 2.75) is 45.3 Å². The van der Waals surface area contributed by atoms with Gasteiger partial charge in [-0.1, -0.05) is 50.2 Å². The number of benzene rings is 3. The highest BCUT2D eigenvalue weighted by Crippen LogP contribution is 2.28. The number of imide groups is 1. The maximum absolute atomic E-state index is 13.2. The Balaban J connectivity index is 1.42. The zero-order chi connectivity index (χ0) is 30.6. The number of carbonyl (C=O) groups is 4. The van der Waals surface area contributed by atoms with E-state index in [1.54, 1.807) is 36.4 Å². The standard InChI is InChI=1S/C30H34N4O7S/c1-18(2)13-26(27(35)31-17-19-7-6-10-22(14-19)33-42(3,40)41)32-25(30(38)39)11-12-34-28(36)23-15-20-8-4-5-9-21(20)16-24(23)29(34)37/h4-10,14-16,18,25-26,32-33H,11-13,17H2,1-3H3,(H,31,35)(H,38,39). The van der Waals surface area contributed by atoms with Crippen LogP contribution in [-0.4, -0.2) is 67.0 Å². The van der Waals surface area contributed by atoms with Gasteiger partial charge >= 0.3 is 5.97 Å². The topological polar surface area (TPSA) is 162 Å². The molecular weight excluding hydrogens is 560 g/mol. The second-order valence-electron chi connectivity index (χ2n) is 10.8. The summed E-state index contributed by atoms with van der Waals surface area (Å²) >= 11 is 0. The Kier molecular flexibility index (Phi) is 9.27. The average Bonchev–Trinajstić information content (AvgIpc) is 3.14. The molecule has 2 atom stereocenters. The van der Waals surface area contributed by atoms with E-state index < -0.39 is 45.8 Å². The Bertz CT molecular complexity index is 1580. The summed E-state index contributed by atoms with van der Waals surface area (Å²) in [5.41, 5.74) is 1.57. The molecule has 0 saturated carbocycles. The van der Waals surface area contributed by atoms with Crippen LogP contribution in [0, 0.1) is 5.92 Å². The van der Waals surface area contributed by atoms with Gasteiger partial charge in [-0.3, -0.25) is 34.1 Å². The van der Waals surface area contributed by atoms with Crippen molar-refractivity contribution in [1.29, 1.82) is 0 Å². The third-order valence-electron chi connectivity index (χ3n) is 6.90. The number of hydrogen-bond acceptors (Lipinski definition) is 7. The van der Waals surface area contributed by atoms with Gasteiger partial charge in [0.05, 0.1) is 23.4 Å². The normalized spacial score (nSPS) is 14.6. The van der Waals surface area contributed by atoms with E-state index in [1.165, 1.54) is 0 Å². The van der Waals surface area contributed by atoms with E-state index in [4.69, 9.17) is 0 Å². The maximum Gasteiger partial charge on any atom is 0.320 e. The van der Waals surface area contributed by atoms with Crippen LogP contribution in [-0.2, 0) is 26.2 Å². The van der Waals surface area contributed by atoms with Gasteiger partial charge in [0.15, 0.2) is 0 Å². The Morgan fingerprint density at radius 2 is 1.52 bits per heavy atom. The van der Waals surface area contributed by atoms with E-state index in [-0.39, 0.29) is 36.6 Å². The molecule has 3 aromatic rings. The number of hydrogen-bond donors (Lipinski definition) is 4. The predicted octanol–water partition coefficient (Wildman–Crippen LogP) is 2.97. The molecule has 222 valence electrons. The zero-order valence-corrected chi connectivity index (χ0v) is 24.4. The van der Waals surface area contributed by atoms with Crippen molar-refractivity contribution in [3.8, 4) is 0 Å². The first-order valence-electron chi connectivity index (χ1n) is 13.5. The van der Waals surface area contributed by atoms with Gasteiger partial charge in [-0.05, 0) is 59.4 Å². The van der Waals surface area contributed by atoms with Gasteiger partial charge in [0, 0.05) is 18.8 Å². The summed E-state index contributed by atoms with van der Waals surface area (Å²) in [6.07, 6.45) is 1.28. The number of nitrogens with zero attached hydrogens (tertiary/aromatic N) is 1. The predicted molar refractivity (Wildman–Crippen MR) is 158 cm³/mol. The number of fused-ring (bicyclic) bond motifs is 2. The second kappa shape index (κ2) is 12.7. The summed E-state index contributed by atoms with van der Waals surface area (Å²) < 4.78 is 25.4. The van der Waals surface area contributed by atoms with Crippen LogP contribution in [0.1, 0.15) is 53.0 Å². The lowest BCUT2D eigenvalue weighted by Crippen LogP contribution is -2.52. The Hall–Kier alpha value is -4.29. The van der Waals surface area contributed by atoms with Crippen LogP contribution < -0.4 is 15.4 Å². The summed E-state index contributed by atoms with van der Waals surface area (Å²) in [7, 11) is -3.47. The molecule has 1 aliphatic rings. The lowest BCUT2D eigenvalue weighted by atomic mass is 10.0. The molecule has 0 aliphatic carbocycles. The Morgan fingerprint density at radius 3 is 2.07 bits per heavy atom. The number of anilines is 1. The molecule has 42 heavy (non-hydrogen) atoms. The first-order chi connectivity index (χ1) is 19.8. The number of aliphatic carboxylic acids is 1. The molecule has 1 heterocycles. The monoisotopic (exact) mass is 594 g/mol. The molecule has 0 radical (unpaired) electrons. The zero-order valence-electron chi connectivity index (χ0n) is 23.6. The number of carboxylic acid groups (broad SMARTS) is 1. The second-order valence-corrected chi connectivity index (χ2v) is 12.6. The fourth-order valence-corrected chi connectivity index (χ4v) is 5.51. The van der Waals surface area contributed by atoms with Crippen LogP contribution in [0.25, 0.3) is 10.8 Å². The summed E-state index contributed by atoms with van der Waals surface area (Å²) in [5.74, 6) is -2.54. The third kappa shape index (κ3) is 7.51. The number of carbonyl (C=O) groups excluding carboxylic acids is 3. The van der Waals surface area contributed by atoms with Crippen LogP contribution in [0.4, 0.5) is 5.69 Å². The molecule has 4 rings (SSSR count). The van der Waals surface area contributed by atoms with Crippen LogP contribution >= 0.6 is 0 Å².